The number of carbonyl (C=O) groups is 2. The smallest absolute Gasteiger partial charge is 0.344 e. The Morgan fingerprint density at radius 2 is 1.70 bits per heavy atom. The molecule has 1 N–H and O–H groups in total. The second kappa shape index (κ2) is 8.53. The number of rotatable bonds is 5. The normalized spacial score (nSPS) is 11.0. The third kappa shape index (κ3) is 4.22. The summed E-state index contributed by atoms with van der Waals surface area (Å²) in [6.07, 6.45) is 0.262. The lowest BCUT2D eigenvalue weighted by atomic mass is 9.98. The Labute approximate surface area is 188 Å². The standard InChI is InChI=1S/C23H15Br2NO4/c24-14-7-8-17-19(12-14)26-22-13(6-9-20(27)28)10-15(25)11-18(22)21(17)23(29)30-16-4-2-1-3-5-16/h1-5,7-8,10-12H,6,9H2,(H,27,28). The maximum absolute atomic E-state index is 13.2. The molecule has 1 heterocycles. The number of nitrogens with zero attached hydrogens (tertiary/aromatic N) is 1. The van der Waals surface area contributed by atoms with Crippen LogP contribution in [0.2, 0.25) is 0 Å². The first-order valence-electron chi connectivity index (χ1n) is 9.13. The fourth-order valence-electron chi connectivity index (χ4n) is 3.35. The molecule has 0 aliphatic carbocycles. The van der Waals surface area contributed by atoms with Gasteiger partial charge in [0.1, 0.15) is 5.75 Å². The molecule has 0 amide bonds. The van der Waals surface area contributed by atoms with Gasteiger partial charge in [0.15, 0.2) is 0 Å². The van der Waals surface area contributed by atoms with Crippen LogP contribution in [-0.4, -0.2) is 22.0 Å². The van der Waals surface area contributed by atoms with Crippen LogP contribution in [0.3, 0.4) is 0 Å². The number of carboxylic acids is 1. The molecule has 0 aliphatic heterocycles. The van der Waals surface area contributed by atoms with Gasteiger partial charge in [-0.2, -0.15) is 0 Å². The average molecular weight is 529 g/mol. The van der Waals surface area contributed by atoms with Gasteiger partial charge in [0.05, 0.1) is 16.6 Å². The Kier molecular flexibility index (Phi) is 5.83. The number of esters is 1. The van der Waals surface area contributed by atoms with Crippen LogP contribution in [-0.2, 0) is 11.2 Å². The molecule has 0 spiro atoms. The van der Waals surface area contributed by atoms with Crippen molar-refractivity contribution in [2.45, 2.75) is 12.8 Å². The van der Waals surface area contributed by atoms with Crippen LogP contribution in [0.15, 0.2) is 69.6 Å². The molecule has 0 bridgehead atoms. The van der Waals surface area contributed by atoms with E-state index in [2.05, 4.69) is 31.9 Å². The number of hydrogen-bond acceptors (Lipinski definition) is 4. The highest BCUT2D eigenvalue weighted by molar-refractivity contribution is 9.10. The second-order valence-corrected chi connectivity index (χ2v) is 8.54. The summed E-state index contributed by atoms with van der Waals surface area (Å²) in [6.45, 7) is 0. The summed E-state index contributed by atoms with van der Waals surface area (Å²) >= 11 is 6.93. The molecule has 0 unspecified atom stereocenters. The lowest BCUT2D eigenvalue weighted by Gasteiger charge is -2.14. The Hall–Kier alpha value is -2.77. The summed E-state index contributed by atoms with van der Waals surface area (Å²) < 4.78 is 7.20. The largest absolute Gasteiger partial charge is 0.481 e. The van der Waals surface area contributed by atoms with E-state index in [1.807, 2.05) is 36.4 Å². The van der Waals surface area contributed by atoms with E-state index in [0.717, 1.165) is 14.5 Å². The van der Waals surface area contributed by atoms with Gasteiger partial charge in [0.2, 0.25) is 0 Å². The number of carbonyl (C=O) groups excluding carboxylic acids is 1. The number of fused-ring (bicyclic) bond motifs is 2. The van der Waals surface area contributed by atoms with Gasteiger partial charge in [-0.1, -0.05) is 56.1 Å². The molecule has 1 aromatic heterocycles. The number of carboxylic acid groups (broad SMARTS) is 1. The number of aromatic nitrogens is 1. The fourth-order valence-corrected chi connectivity index (χ4v) is 4.21. The average Bonchev–Trinajstić information content (AvgIpc) is 2.71. The van der Waals surface area contributed by atoms with Crippen LogP contribution in [0.5, 0.6) is 5.75 Å². The maximum Gasteiger partial charge on any atom is 0.344 e. The highest BCUT2D eigenvalue weighted by atomic mass is 79.9. The zero-order valence-electron chi connectivity index (χ0n) is 15.6. The van der Waals surface area contributed by atoms with Crippen molar-refractivity contribution in [3.63, 3.8) is 0 Å². The number of aryl methyl sites for hydroxylation is 1. The van der Waals surface area contributed by atoms with Gasteiger partial charge < -0.3 is 9.84 Å². The molecule has 7 heteroatoms. The van der Waals surface area contributed by atoms with Crippen molar-refractivity contribution in [3.8, 4) is 5.75 Å². The summed E-state index contributed by atoms with van der Waals surface area (Å²) in [6, 6.07) is 18.0. The summed E-state index contributed by atoms with van der Waals surface area (Å²) in [7, 11) is 0. The molecule has 0 aliphatic rings. The summed E-state index contributed by atoms with van der Waals surface area (Å²) in [5, 5.41) is 10.4. The van der Waals surface area contributed by atoms with E-state index in [4.69, 9.17) is 14.8 Å². The van der Waals surface area contributed by atoms with E-state index in [1.54, 1.807) is 24.3 Å². The van der Waals surface area contributed by atoms with Crippen molar-refractivity contribution in [2.24, 2.45) is 0 Å². The first kappa shape index (κ1) is 20.5. The number of hydrogen-bond donors (Lipinski definition) is 1. The quantitative estimate of drug-likeness (QED) is 0.191. The molecule has 4 rings (SSSR count). The first-order valence-corrected chi connectivity index (χ1v) is 10.7. The summed E-state index contributed by atoms with van der Waals surface area (Å²) in [5.74, 6) is -0.947. The number of halogens is 2. The topological polar surface area (TPSA) is 76.5 Å². The molecular formula is C23H15Br2NO4. The molecule has 0 fully saturated rings. The minimum absolute atomic E-state index is 0.0342. The molecule has 0 atom stereocenters. The van der Waals surface area contributed by atoms with Crippen molar-refractivity contribution in [1.82, 2.24) is 4.98 Å². The van der Waals surface area contributed by atoms with Crippen LogP contribution in [0, 0.1) is 0 Å². The van der Waals surface area contributed by atoms with Gasteiger partial charge in [0, 0.05) is 26.1 Å². The molecule has 30 heavy (non-hydrogen) atoms. The van der Waals surface area contributed by atoms with Crippen molar-refractivity contribution in [1.29, 1.82) is 0 Å². The highest BCUT2D eigenvalue weighted by Gasteiger charge is 2.21. The third-order valence-corrected chi connectivity index (χ3v) is 5.60. The van der Waals surface area contributed by atoms with Crippen LogP contribution in [0.1, 0.15) is 22.3 Å². The van der Waals surface area contributed by atoms with Gasteiger partial charge >= 0.3 is 11.9 Å². The number of ether oxygens (including phenoxy) is 1. The van der Waals surface area contributed by atoms with Gasteiger partial charge in [0.25, 0.3) is 0 Å². The zero-order valence-corrected chi connectivity index (χ0v) is 18.7. The van der Waals surface area contributed by atoms with E-state index >= 15 is 0 Å². The SMILES string of the molecule is O=C(O)CCc1cc(Br)cc2c(C(=O)Oc3ccccc3)c3ccc(Br)cc3nc12. The van der Waals surface area contributed by atoms with Crippen LogP contribution in [0.4, 0.5) is 0 Å². The number of para-hydroxylation sites is 1. The first-order chi connectivity index (χ1) is 14.4. The highest BCUT2D eigenvalue weighted by Crippen LogP contribution is 2.33. The number of aliphatic carboxylic acids is 1. The summed E-state index contributed by atoms with van der Waals surface area (Å²) in [4.78, 5) is 29.1. The minimum Gasteiger partial charge on any atom is -0.481 e. The van der Waals surface area contributed by atoms with E-state index in [9.17, 15) is 9.59 Å². The molecule has 150 valence electrons. The van der Waals surface area contributed by atoms with Crippen molar-refractivity contribution in [3.05, 3.63) is 80.7 Å². The monoisotopic (exact) mass is 527 g/mol. The minimum atomic E-state index is -0.893. The maximum atomic E-state index is 13.2. The Morgan fingerprint density at radius 1 is 0.933 bits per heavy atom. The van der Waals surface area contributed by atoms with Gasteiger partial charge in [-0.05, 0) is 48.4 Å². The van der Waals surface area contributed by atoms with Crippen LogP contribution < -0.4 is 4.74 Å². The molecule has 5 nitrogen and oxygen atoms in total. The lowest BCUT2D eigenvalue weighted by molar-refractivity contribution is -0.136. The zero-order chi connectivity index (χ0) is 21.3. The lowest BCUT2D eigenvalue weighted by Crippen LogP contribution is -2.11. The van der Waals surface area contributed by atoms with E-state index in [-0.39, 0.29) is 6.42 Å². The van der Waals surface area contributed by atoms with Crippen LogP contribution in [0.25, 0.3) is 21.8 Å². The van der Waals surface area contributed by atoms with Crippen molar-refractivity contribution < 1.29 is 19.4 Å². The van der Waals surface area contributed by atoms with E-state index in [0.29, 0.717) is 39.5 Å². The van der Waals surface area contributed by atoms with E-state index in [1.165, 1.54) is 0 Å². The Bertz CT molecular complexity index is 1290. The van der Waals surface area contributed by atoms with E-state index < -0.39 is 11.9 Å². The predicted octanol–water partition coefficient (Wildman–Crippen LogP) is 6.15. The van der Waals surface area contributed by atoms with Crippen molar-refractivity contribution >= 4 is 65.6 Å². The van der Waals surface area contributed by atoms with Gasteiger partial charge in [-0.15, -0.1) is 0 Å². The number of benzene rings is 3. The molecule has 4 aromatic rings. The molecule has 3 aromatic carbocycles. The molecule has 0 saturated heterocycles. The second-order valence-electron chi connectivity index (χ2n) is 6.71. The van der Waals surface area contributed by atoms with Crippen molar-refractivity contribution in [2.75, 3.05) is 0 Å². The van der Waals surface area contributed by atoms with Gasteiger partial charge in [-0.3, -0.25) is 4.79 Å². The Morgan fingerprint density at radius 3 is 2.43 bits per heavy atom. The van der Waals surface area contributed by atoms with Crippen LogP contribution >= 0.6 is 31.9 Å². The Balaban J connectivity index is 1.97. The summed E-state index contributed by atoms with van der Waals surface area (Å²) in [5.41, 5.74) is 2.35. The number of pyridine rings is 1. The molecular weight excluding hydrogens is 514 g/mol. The molecule has 0 saturated carbocycles. The van der Waals surface area contributed by atoms with Gasteiger partial charge in [-0.25, -0.2) is 9.78 Å². The predicted molar refractivity (Wildman–Crippen MR) is 122 cm³/mol. The third-order valence-electron chi connectivity index (χ3n) is 4.65. The molecule has 0 radical (unpaired) electrons. The fraction of sp³-hybridized carbons (Fsp3) is 0.0870.